The maximum absolute atomic E-state index is 10.6. The van der Waals surface area contributed by atoms with Crippen LogP contribution in [0.3, 0.4) is 0 Å². The predicted molar refractivity (Wildman–Crippen MR) is 97.0 cm³/mol. The van der Waals surface area contributed by atoms with Crippen LogP contribution in [0.25, 0.3) is 0 Å². The van der Waals surface area contributed by atoms with Gasteiger partial charge in [0.2, 0.25) is 0 Å². The summed E-state index contributed by atoms with van der Waals surface area (Å²) in [6.07, 6.45) is 4.94. The normalized spacial score (nSPS) is 27.4. The second kappa shape index (κ2) is 7.72. The lowest BCUT2D eigenvalue weighted by atomic mass is 9.73. The molecule has 2 heteroatoms. The van der Waals surface area contributed by atoms with Gasteiger partial charge in [0.05, 0.1) is 0 Å². The summed E-state index contributed by atoms with van der Waals surface area (Å²) in [5, 5.41) is 21.3. The minimum atomic E-state index is -2.37. The van der Waals surface area contributed by atoms with E-state index in [0.717, 1.165) is 36.8 Å². The quantitative estimate of drug-likeness (QED) is 0.510. The molecule has 0 radical (unpaired) electrons. The first-order valence-electron chi connectivity index (χ1n) is 10.5. The molecule has 0 heterocycles. The van der Waals surface area contributed by atoms with Gasteiger partial charge in [-0.2, -0.15) is 0 Å². The number of allylic oxidation sites excluding steroid dienone is 3. The summed E-state index contributed by atoms with van der Waals surface area (Å²) in [5.41, 5.74) is 2.07. The molecule has 2 N–H and O–H groups in total. The van der Waals surface area contributed by atoms with Crippen molar-refractivity contribution in [1.82, 2.24) is 0 Å². The molecule has 3 atom stereocenters. The smallest absolute Gasteiger partial charge is 0.123 e. The van der Waals surface area contributed by atoms with Crippen molar-refractivity contribution in [3.63, 3.8) is 0 Å². The Kier molecular flexibility index (Phi) is 4.26. The Hall–Kier alpha value is -1.70. The highest BCUT2D eigenvalue weighted by Crippen LogP contribution is 2.46. The largest absolute Gasteiger partial charge is 0.507 e. The van der Waals surface area contributed by atoms with Gasteiger partial charge < -0.3 is 10.2 Å². The molecular formula is C21H30O2. The van der Waals surface area contributed by atoms with Crippen LogP contribution in [0.15, 0.2) is 35.9 Å². The first-order valence-corrected chi connectivity index (χ1v) is 8.40. The maximum Gasteiger partial charge on any atom is 0.123 e. The Morgan fingerprint density at radius 1 is 1.35 bits per heavy atom. The second-order valence-electron chi connectivity index (χ2n) is 6.55. The van der Waals surface area contributed by atoms with Crippen LogP contribution in [0.5, 0.6) is 11.5 Å². The molecule has 1 aliphatic carbocycles. The summed E-state index contributed by atoms with van der Waals surface area (Å²) in [6.45, 7) is 5.58. The Labute approximate surface area is 146 Å². The molecule has 0 saturated carbocycles. The highest BCUT2D eigenvalue weighted by molar-refractivity contribution is 5.51. The van der Waals surface area contributed by atoms with Gasteiger partial charge in [0, 0.05) is 17.0 Å². The summed E-state index contributed by atoms with van der Waals surface area (Å²) >= 11 is 0. The van der Waals surface area contributed by atoms with Crippen molar-refractivity contribution < 1.29 is 15.7 Å². The second-order valence-corrected chi connectivity index (χ2v) is 6.55. The van der Waals surface area contributed by atoms with Gasteiger partial charge in [0.25, 0.3) is 0 Å². The van der Waals surface area contributed by atoms with Gasteiger partial charge >= 0.3 is 0 Å². The number of benzene rings is 1. The van der Waals surface area contributed by atoms with Gasteiger partial charge in [-0.25, -0.2) is 0 Å². The lowest BCUT2D eigenvalue weighted by Crippen LogP contribution is -2.17. The van der Waals surface area contributed by atoms with E-state index in [1.54, 1.807) is 18.2 Å². The van der Waals surface area contributed by atoms with Gasteiger partial charge in [0.15, 0.2) is 0 Å². The van der Waals surface area contributed by atoms with Crippen LogP contribution in [0, 0.1) is 5.92 Å². The lowest BCUT2D eigenvalue weighted by molar-refractivity contribution is 0.406. The Balaban J connectivity index is 2.48. The van der Waals surface area contributed by atoms with Crippen LogP contribution < -0.4 is 0 Å². The molecule has 1 unspecified atom stereocenters. The molecule has 23 heavy (non-hydrogen) atoms. The standard InChI is InChI=1S/C21H30O2/c1-5-6-7-8-16-12-19(22)21(20(23)13-16)18-11-15(4)9-10-17(18)14(2)3/h11-13,17-18,22-23H,2,5-10H2,1,3-4H3/t17-,18-/m1/s1/i4D3,9D/t9?,17-,18-. The van der Waals surface area contributed by atoms with E-state index in [0.29, 0.717) is 12.0 Å². The molecule has 0 aliphatic heterocycles. The number of rotatable bonds is 6. The van der Waals surface area contributed by atoms with E-state index in [9.17, 15) is 10.2 Å². The maximum atomic E-state index is 10.6. The fourth-order valence-corrected chi connectivity index (χ4v) is 3.31. The average molecular weight is 318 g/mol. The van der Waals surface area contributed by atoms with Crippen LogP contribution in [0.4, 0.5) is 0 Å². The van der Waals surface area contributed by atoms with Crippen LogP contribution in [-0.4, -0.2) is 10.2 Å². The molecule has 1 aromatic carbocycles. The zero-order valence-electron chi connectivity index (χ0n) is 18.1. The van der Waals surface area contributed by atoms with E-state index in [4.69, 9.17) is 5.48 Å². The lowest BCUT2D eigenvalue weighted by Gasteiger charge is -2.31. The SMILES string of the molecule is [2H]C1C[C@H](C(=C)C)[C@H](c2c(O)cc(CCCCC)cc2O)C=C1C([2H])([2H])[2H]. The first kappa shape index (κ1) is 12.7. The first-order chi connectivity index (χ1) is 12.6. The summed E-state index contributed by atoms with van der Waals surface area (Å²) in [6, 6.07) is 3.33. The summed E-state index contributed by atoms with van der Waals surface area (Å²) in [7, 11) is 0. The summed E-state index contributed by atoms with van der Waals surface area (Å²) in [5.74, 6) is -0.768. The summed E-state index contributed by atoms with van der Waals surface area (Å²) < 4.78 is 31.3. The van der Waals surface area contributed by atoms with Crippen molar-refractivity contribution in [2.75, 3.05) is 0 Å². The van der Waals surface area contributed by atoms with E-state index in [1.807, 2.05) is 6.92 Å². The number of phenolic OH excluding ortho intramolecular Hbond substituents is 2. The molecule has 0 aromatic heterocycles. The molecule has 0 amide bonds. The minimum Gasteiger partial charge on any atom is -0.507 e. The third kappa shape index (κ3) is 4.19. The van der Waals surface area contributed by atoms with Crippen molar-refractivity contribution in [1.29, 1.82) is 0 Å². The van der Waals surface area contributed by atoms with E-state index < -0.39 is 19.2 Å². The number of aryl methyl sites for hydroxylation is 1. The van der Waals surface area contributed by atoms with Crippen molar-refractivity contribution >= 4 is 0 Å². The third-order valence-electron chi connectivity index (χ3n) is 4.62. The van der Waals surface area contributed by atoms with E-state index in [1.165, 1.54) is 0 Å². The van der Waals surface area contributed by atoms with Crippen LogP contribution in [0.1, 0.15) is 75.3 Å². The zero-order chi connectivity index (χ0) is 20.4. The number of phenols is 2. The molecule has 1 aromatic rings. The van der Waals surface area contributed by atoms with Gasteiger partial charge in [-0.3, -0.25) is 0 Å². The Morgan fingerprint density at radius 3 is 2.61 bits per heavy atom. The van der Waals surface area contributed by atoms with Gasteiger partial charge in [0.1, 0.15) is 11.5 Å². The van der Waals surface area contributed by atoms with Gasteiger partial charge in [-0.05, 0) is 63.0 Å². The van der Waals surface area contributed by atoms with Crippen LogP contribution >= 0.6 is 0 Å². The van der Waals surface area contributed by atoms with E-state index in [-0.39, 0.29) is 23.0 Å². The Bertz CT molecular complexity index is 698. The monoisotopic (exact) mass is 318 g/mol. The Morgan fingerprint density at radius 2 is 2.04 bits per heavy atom. The van der Waals surface area contributed by atoms with Crippen LogP contribution in [0.2, 0.25) is 0 Å². The van der Waals surface area contributed by atoms with Crippen LogP contribution in [-0.2, 0) is 6.42 Å². The molecule has 126 valence electrons. The molecule has 0 spiro atoms. The van der Waals surface area contributed by atoms with Crippen molar-refractivity contribution in [3.05, 3.63) is 47.1 Å². The molecule has 0 saturated heterocycles. The molecule has 0 bridgehead atoms. The topological polar surface area (TPSA) is 40.5 Å². The molecule has 0 fully saturated rings. The molecule has 2 rings (SSSR count). The number of hydrogen-bond acceptors (Lipinski definition) is 2. The number of aromatic hydroxyl groups is 2. The highest BCUT2D eigenvalue weighted by atomic mass is 16.3. The minimum absolute atomic E-state index is 0.0256. The zero-order valence-corrected chi connectivity index (χ0v) is 14.1. The molecule has 2 nitrogen and oxygen atoms in total. The van der Waals surface area contributed by atoms with Crippen molar-refractivity contribution in [3.8, 4) is 11.5 Å². The van der Waals surface area contributed by atoms with Gasteiger partial charge in [-0.15, -0.1) is 0 Å². The fourth-order valence-electron chi connectivity index (χ4n) is 3.31. The number of unbranched alkanes of at least 4 members (excludes halogenated alkanes) is 2. The van der Waals surface area contributed by atoms with E-state index in [2.05, 4.69) is 13.5 Å². The molecule has 1 aliphatic rings. The van der Waals surface area contributed by atoms with E-state index >= 15 is 0 Å². The fraction of sp³-hybridized carbons (Fsp3) is 0.524. The highest BCUT2D eigenvalue weighted by Gasteiger charge is 2.29. The summed E-state index contributed by atoms with van der Waals surface area (Å²) in [4.78, 5) is 0. The van der Waals surface area contributed by atoms with Crippen molar-refractivity contribution in [2.45, 2.75) is 65.1 Å². The molecular weight excluding hydrogens is 284 g/mol. The number of hydrogen-bond donors (Lipinski definition) is 2. The predicted octanol–water partition coefficient (Wildman–Crippen LogP) is 5.85. The van der Waals surface area contributed by atoms with Crippen molar-refractivity contribution in [2.24, 2.45) is 5.92 Å². The third-order valence-corrected chi connectivity index (χ3v) is 4.62. The average Bonchev–Trinajstić information content (AvgIpc) is 2.54. The van der Waals surface area contributed by atoms with Gasteiger partial charge in [-0.1, -0.05) is 43.6 Å².